The fourth-order valence-electron chi connectivity index (χ4n) is 4.23. The van der Waals surface area contributed by atoms with E-state index in [1.807, 2.05) is 0 Å². The number of nitrogens with zero attached hydrogens (tertiary/aromatic N) is 2. The molecule has 42 heavy (non-hydrogen) atoms. The molecule has 0 heterocycles. The van der Waals surface area contributed by atoms with Crippen LogP contribution in [0.3, 0.4) is 0 Å². The smallest absolute Gasteiger partial charge is 0.237 e. The van der Waals surface area contributed by atoms with Crippen molar-refractivity contribution >= 4 is 72.8 Å². The molecule has 2 atom stereocenters. The summed E-state index contributed by atoms with van der Waals surface area (Å²) >= 11 is 9.74. The number of nitrogens with one attached hydrogen (secondary N) is 2. The summed E-state index contributed by atoms with van der Waals surface area (Å²) in [4.78, 5) is 25.9. The van der Waals surface area contributed by atoms with Crippen LogP contribution in [-0.4, -0.2) is 18.9 Å². The molecule has 0 spiro atoms. The van der Waals surface area contributed by atoms with Gasteiger partial charge in [-0.3, -0.25) is 20.4 Å². The van der Waals surface area contributed by atoms with Gasteiger partial charge in [0.15, 0.2) is 5.36 Å². The molecule has 12 nitrogen and oxygen atoms in total. The molecule has 0 radical (unpaired) electrons. The second-order valence-corrected chi connectivity index (χ2v) is 14.2. The normalized spacial score (nSPS) is 15.4. The maximum Gasteiger partial charge on any atom is 0.237 e. The SMILES string of the molecule is O=c1cc/c(=N\Nc2ccc(S(=O)(=S)OO)c3ccccc23)c(=O)/c1=N/Nc1ccc(S(=O)(=S)OO)c2ccccc12. The Labute approximate surface area is 246 Å². The van der Waals surface area contributed by atoms with Gasteiger partial charge in [0, 0.05) is 43.9 Å². The van der Waals surface area contributed by atoms with E-state index in [2.05, 4.69) is 29.7 Å². The van der Waals surface area contributed by atoms with Crippen LogP contribution in [-0.2, 0) is 48.6 Å². The number of hydrogen-bond donors (Lipinski definition) is 4. The lowest BCUT2D eigenvalue weighted by Crippen LogP contribution is -2.47. The van der Waals surface area contributed by atoms with E-state index in [0.717, 1.165) is 6.07 Å². The van der Waals surface area contributed by atoms with E-state index >= 15 is 0 Å². The van der Waals surface area contributed by atoms with Crippen LogP contribution >= 0.6 is 0 Å². The van der Waals surface area contributed by atoms with Gasteiger partial charge in [0.05, 0.1) is 21.2 Å². The van der Waals surface area contributed by atoms with Gasteiger partial charge < -0.3 is 0 Å². The fraction of sp³-hybridized carbons (Fsp3) is 0. The highest BCUT2D eigenvalue weighted by molar-refractivity contribution is 8.30. The van der Waals surface area contributed by atoms with Crippen molar-refractivity contribution in [1.82, 2.24) is 0 Å². The third-order valence-electron chi connectivity index (χ3n) is 6.16. The molecule has 0 aromatic heterocycles. The molecular formula is C26H18N4O8S4. The molecule has 5 aromatic rings. The Balaban J connectivity index is 1.55. The Bertz CT molecular complexity index is 2320. The third kappa shape index (κ3) is 5.57. The van der Waals surface area contributed by atoms with E-state index in [1.54, 1.807) is 48.5 Å². The van der Waals surface area contributed by atoms with Crippen LogP contribution in [0.25, 0.3) is 21.5 Å². The first-order valence-electron chi connectivity index (χ1n) is 11.7. The maximum absolute atomic E-state index is 13.1. The van der Waals surface area contributed by atoms with Gasteiger partial charge in [-0.2, -0.15) is 10.2 Å². The Morgan fingerprint density at radius 1 is 0.619 bits per heavy atom. The average molecular weight is 643 g/mol. The monoisotopic (exact) mass is 642 g/mol. The molecule has 5 rings (SSSR count). The second-order valence-electron chi connectivity index (χ2n) is 8.58. The van der Waals surface area contributed by atoms with E-state index in [-0.39, 0.29) is 15.1 Å². The number of benzene rings is 5. The summed E-state index contributed by atoms with van der Waals surface area (Å²) in [7, 11) is -7.20. The van der Waals surface area contributed by atoms with E-state index in [4.69, 9.17) is 32.9 Å². The van der Waals surface area contributed by atoms with Crippen LogP contribution in [0.2, 0.25) is 0 Å². The van der Waals surface area contributed by atoms with Crippen molar-refractivity contribution in [3.05, 3.63) is 116 Å². The molecular weight excluding hydrogens is 625 g/mol. The van der Waals surface area contributed by atoms with Crippen LogP contribution in [0.1, 0.15) is 0 Å². The molecule has 0 saturated heterocycles. The van der Waals surface area contributed by atoms with Crippen LogP contribution in [0.15, 0.2) is 115 Å². The number of hydrogen-bond acceptors (Lipinski definition) is 14. The minimum atomic E-state index is -3.61. The van der Waals surface area contributed by atoms with Crippen molar-refractivity contribution in [2.75, 3.05) is 10.9 Å². The summed E-state index contributed by atoms with van der Waals surface area (Å²) in [5.41, 5.74) is 4.81. The highest BCUT2D eigenvalue weighted by Gasteiger charge is 2.17. The molecule has 0 saturated carbocycles. The zero-order valence-corrected chi connectivity index (χ0v) is 24.2. The molecule has 5 aromatic carbocycles. The van der Waals surface area contributed by atoms with Crippen molar-refractivity contribution < 1.29 is 27.6 Å². The molecule has 0 aliphatic rings. The van der Waals surface area contributed by atoms with E-state index in [1.165, 1.54) is 30.3 Å². The lowest BCUT2D eigenvalue weighted by Gasteiger charge is -2.11. The van der Waals surface area contributed by atoms with Crippen molar-refractivity contribution in [3.63, 3.8) is 0 Å². The van der Waals surface area contributed by atoms with Crippen LogP contribution in [0, 0.1) is 0 Å². The van der Waals surface area contributed by atoms with E-state index in [9.17, 15) is 18.0 Å². The lowest BCUT2D eigenvalue weighted by atomic mass is 10.1. The molecule has 0 aliphatic carbocycles. The summed E-state index contributed by atoms with van der Waals surface area (Å²) in [6.45, 7) is 0. The highest BCUT2D eigenvalue weighted by atomic mass is 32.8. The summed E-state index contributed by atoms with van der Waals surface area (Å²) in [6.07, 6.45) is 0. The van der Waals surface area contributed by atoms with Gasteiger partial charge in [0.25, 0.3) is 0 Å². The van der Waals surface area contributed by atoms with E-state index < -0.39 is 33.8 Å². The van der Waals surface area contributed by atoms with Gasteiger partial charge in [-0.05, 0) is 36.4 Å². The Hall–Kier alpha value is -4.00. The molecule has 0 amide bonds. The maximum atomic E-state index is 13.1. The van der Waals surface area contributed by atoms with Gasteiger partial charge in [-0.15, -0.1) is 8.67 Å². The molecule has 4 N–H and O–H groups in total. The van der Waals surface area contributed by atoms with Crippen molar-refractivity contribution in [2.24, 2.45) is 10.2 Å². The first-order valence-corrected chi connectivity index (χ1v) is 16.5. The van der Waals surface area contributed by atoms with Crippen molar-refractivity contribution in [2.45, 2.75) is 9.79 Å². The van der Waals surface area contributed by atoms with Crippen LogP contribution in [0.5, 0.6) is 0 Å². The number of fused-ring (bicyclic) bond motifs is 2. The minimum absolute atomic E-state index is 0.0709. The average Bonchev–Trinajstić information content (AvgIpc) is 3.00. The fourth-order valence-corrected chi connectivity index (χ4v) is 6.62. The quantitative estimate of drug-likeness (QED) is 0.144. The Morgan fingerprint density at radius 3 is 1.55 bits per heavy atom. The molecule has 0 bridgehead atoms. The topological polar surface area (TPSA) is 176 Å². The van der Waals surface area contributed by atoms with Gasteiger partial charge in [-0.1, -0.05) is 48.5 Å². The first-order chi connectivity index (χ1) is 20.1. The number of anilines is 2. The van der Waals surface area contributed by atoms with Gasteiger partial charge in [0.2, 0.25) is 28.4 Å². The number of rotatable bonds is 8. The third-order valence-corrected chi connectivity index (χ3v) is 9.79. The second kappa shape index (κ2) is 11.7. The zero-order valence-electron chi connectivity index (χ0n) is 21.0. The van der Waals surface area contributed by atoms with Gasteiger partial charge in [0.1, 0.15) is 5.36 Å². The van der Waals surface area contributed by atoms with Crippen molar-refractivity contribution in [3.8, 4) is 0 Å². The molecule has 0 aliphatic heterocycles. The van der Waals surface area contributed by atoms with Crippen LogP contribution < -0.4 is 32.4 Å². The standard InChI is InChI=1S/C26H18N4O8S4/c31-22-12-9-21(29-27-19-10-13-23(41(35,39)37-33)17-7-3-1-5-15(17)19)26(32)25(22)30-28-20-11-14-24(42(36,40)38-34)18-8-4-2-6-16(18)20/h1-14,27-28,33-34H/b29-21+,30-25+. The molecule has 16 heteroatoms. The largest absolute Gasteiger partial charge is 0.287 e. The first kappa shape index (κ1) is 29.5. The van der Waals surface area contributed by atoms with Crippen molar-refractivity contribution in [1.29, 1.82) is 0 Å². The summed E-state index contributed by atoms with van der Waals surface area (Å²) in [6, 6.07) is 21.5. The zero-order chi connectivity index (χ0) is 30.1. The van der Waals surface area contributed by atoms with Crippen LogP contribution in [0.4, 0.5) is 11.4 Å². The van der Waals surface area contributed by atoms with E-state index in [0.29, 0.717) is 32.9 Å². The predicted molar refractivity (Wildman–Crippen MR) is 163 cm³/mol. The molecule has 2 unspecified atom stereocenters. The molecule has 0 fully saturated rings. The summed E-state index contributed by atoms with van der Waals surface area (Å²) in [5, 5.41) is 27.5. The Kier molecular flexibility index (Phi) is 8.22. The highest BCUT2D eigenvalue weighted by Crippen LogP contribution is 2.31. The Morgan fingerprint density at radius 2 is 1.07 bits per heavy atom. The van der Waals surface area contributed by atoms with Gasteiger partial charge in [-0.25, -0.2) is 18.9 Å². The summed E-state index contributed by atoms with van der Waals surface area (Å²) < 4.78 is 33.0. The summed E-state index contributed by atoms with van der Waals surface area (Å²) in [5.74, 6) is 0. The lowest BCUT2D eigenvalue weighted by molar-refractivity contribution is -0.124. The predicted octanol–water partition coefficient (Wildman–Crippen LogP) is 2.46. The van der Waals surface area contributed by atoms with Gasteiger partial charge >= 0.3 is 0 Å². The minimum Gasteiger partial charge on any atom is -0.287 e. The molecule has 214 valence electrons.